The van der Waals surface area contributed by atoms with Crippen LogP contribution in [0.15, 0.2) is 48.6 Å². The van der Waals surface area contributed by atoms with Crippen molar-refractivity contribution in [2.24, 2.45) is 5.73 Å². The molecule has 0 aliphatic heterocycles. The van der Waals surface area contributed by atoms with Crippen molar-refractivity contribution in [1.82, 2.24) is 0 Å². The minimum Gasteiger partial charge on any atom is -0.366 e. The van der Waals surface area contributed by atoms with Gasteiger partial charge in [0.05, 0.1) is 0 Å². The summed E-state index contributed by atoms with van der Waals surface area (Å²) in [5, 5.41) is 0. The lowest BCUT2D eigenvalue weighted by molar-refractivity contribution is 0.1000. The van der Waals surface area contributed by atoms with E-state index in [9.17, 15) is 4.79 Å². The van der Waals surface area contributed by atoms with Crippen molar-refractivity contribution in [3.63, 3.8) is 0 Å². The lowest BCUT2D eigenvalue weighted by atomic mass is 10.0. The number of amides is 1. The monoisotopic (exact) mass is 201 g/mol. The van der Waals surface area contributed by atoms with Gasteiger partial charge in [0, 0.05) is 5.56 Å². The molecule has 0 saturated heterocycles. The van der Waals surface area contributed by atoms with Crippen LogP contribution in [0.1, 0.15) is 22.8 Å². The fraction of sp³-hybridized carbons (Fsp3) is 0.154. The van der Waals surface area contributed by atoms with Gasteiger partial charge in [-0.15, -0.1) is 0 Å². The van der Waals surface area contributed by atoms with Crippen molar-refractivity contribution in [3.05, 3.63) is 59.7 Å². The van der Waals surface area contributed by atoms with E-state index >= 15 is 0 Å². The largest absolute Gasteiger partial charge is 0.366 e. The average Bonchev–Trinajstić information content (AvgIpc) is 2.18. The molecule has 1 rings (SSSR count). The van der Waals surface area contributed by atoms with Crippen LogP contribution in [0, 0.1) is 0 Å². The van der Waals surface area contributed by atoms with Crippen LogP contribution in [-0.2, 0) is 6.42 Å². The van der Waals surface area contributed by atoms with Gasteiger partial charge in [0.25, 0.3) is 0 Å². The van der Waals surface area contributed by atoms with Crippen LogP contribution in [0.5, 0.6) is 0 Å². The molecule has 1 aromatic carbocycles. The van der Waals surface area contributed by atoms with Crippen LogP contribution in [0.25, 0.3) is 0 Å². The zero-order valence-electron chi connectivity index (χ0n) is 8.86. The van der Waals surface area contributed by atoms with Crippen LogP contribution in [0.4, 0.5) is 0 Å². The summed E-state index contributed by atoms with van der Waals surface area (Å²) in [4.78, 5) is 11.0. The Hall–Kier alpha value is -1.83. The summed E-state index contributed by atoms with van der Waals surface area (Å²) < 4.78 is 0. The van der Waals surface area contributed by atoms with Gasteiger partial charge in [0.2, 0.25) is 5.91 Å². The molecule has 2 nitrogen and oxygen atoms in total. The fourth-order valence-electron chi connectivity index (χ4n) is 1.42. The second-order valence-corrected chi connectivity index (χ2v) is 3.49. The Morgan fingerprint density at radius 1 is 1.53 bits per heavy atom. The van der Waals surface area contributed by atoms with Gasteiger partial charge >= 0.3 is 0 Å². The van der Waals surface area contributed by atoms with Gasteiger partial charge in [-0.3, -0.25) is 4.79 Å². The van der Waals surface area contributed by atoms with Gasteiger partial charge in [-0.05, 0) is 31.0 Å². The Morgan fingerprint density at radius 3 is 2.87 bits per heavy atom. The van der Waals surface area contributed by atoms with Crippen molar-refractivity contribution in [1.29, 1.82) is 0 Å². The van der Waals surface area contributed by atoms with Crippen LogP contribution >= 0.6 is 0 Å². The highest BCUT2D eigenvalue weighted by Gasteiger charge is 2.01. The van der Waals surface area contributed by atoms with Gasteiger partial charge in [0.15, 0.2) is 0 Å². The first kappa shape index (κ1) is 11.2. The molecule has 0 aliphatic rings. The maximum atomic E-state index is 11.0. The first-order chi connectivity index (χ1) is 7.13. The van der Waals surface area contributed by atoms with E-state index in [4.69, 9.17) is 5.73 Å². The smallest absolute Gasteiger partial charge is 0.248 e. The number of hydrogen-bond donors (Lipinski definition) is 1. The number of carbonyl (C=O) groups excluding carboxylic acids is 1. The molecule has 0 unspecified atom stereocenters. The lowest BCUT2D eigenvalue weighted by Crippen LogP contribution is -2.10. The first-order valence-corrected chi connectivity index (χ1v) is 4.80. The Bertz CT molecular complexity index is 405. The normalized spacial score (nSPS) is 11.1. The number of carbonyl (C=O) groups is 1. The predicted octanol–water partition coefficient (Wildman–Crippen LogP) is 2.46. The van der Waals surface area contributed by atoms with Crippen molar-refractivity contribution >= 4 is 5.91 Å². The SMILES string of the molecule is C=C/C=C(/C)Cc1cccc(C(N)=O)c1. The fourth-order valence-corrected chi connectivity index (χ4v) is 1.42. The molecule has 2 heteroatoms. The van der Waals surface area contributed by atoms with E-state index in [0.29, 0.717) is 5.56 Å². The lowest BCUT2D eigenvalue weighted by Gasteiger charge is -2.02. The summed E-state index contributed by atoms with van der Waals surface area (Å²) in [6, 6.07) is 7.37. The maximum Gasteiger partial charge on any atom is 0.248 e. The molecule has 0 spiro atoms. The van der Waals surface area contributed by atoms with Crippen LogP contribution in [0.3, 0.4) is 0 Å². The van der Waals surface area contributed by atoms with E-state index in [-0.39, 0.29) is 5.91 Å². The van der Waals surface area contributed by atoms with E-state index < -0.39 is 0 Å². The molecule has 0 bridgehead atoms. The molecule has 0 radical (unpaired) electrons. The number of hydrogen-bond acceptors (Lipinski definition) is 1. The molecular weight excluding hydrogens is 186 g/mol. The molecule has 1 aromatic rings. The zero-order chi connectivity index (χ0) is 11.3. The number of primary amides is 1. The molecule has 0 saturated carbocycles. The third-order valence-corrected chi connectivity index (χ3v) is 2.10. The maximum absolute atomic E-state index is 11.0. The quantitative estimate of drug-likeness (QED) is 0.747. The highest BCUT2D eigenvalue weighted by Crippen LogP contribution is 2.10. The summed E-state index contributed by atoms with van der Waals surface area (Å²) in [5.41, 5.74) is 8.04. The van der Waals surface area contributed by atoms with Crippen molar-refractivity contribution in [2.75, 3.05) is 0 Å². The summed E-state index contributed by atoms with van der Waals surface area (Å²) >= 11 is 0. The highest BCUT2D eigenvalue weighted by atomic mass is 16.1. The molecule has 0 aliphatic carbocycles. The van der Waals surface area contributed by atoms with Crippen molar-refractivity contribution < 1.29 is 4.79 Å². The molecule has 15 heavy (non-hydrogen) atoms. The second-order valence-electron chi connectivity index (χ2n) is 3.49. The van der Waals surface area contributed by atoms with Gasteiger partial charge in [-0.2, -0.15) is 0 Å². The standard InChI is InChI=1S/C13H15NO/c1-3-5-10(2)8-11-6-4-7-12(9-11)13(14)15/h3-7,9H,1,8H2,2H3,(H2,14,15)/b10-5-. The molecule has 0 aromatic heterocycles. The van der Waals surface area contributed by atoms with Crippen molar-refractivity contribution in [2.45, 2.75) is 13.3 Å². The van der Waals surface area contributed by atoms with Gasteiger partial charge in [0.1, 0.15) is 0 Å². The Labute approximate surface area is 90.1 Å². The summed E-state index contributed by atoms with van der Waals surface area (Å²) in [5.74, 6) is -0.387. The van der Waals surface area contributed by atoms with Gasteiger partial charge < -0.3 is 5.73 Å². The second kappa shape index (κ2) is 5.15. The molecule has 2 N–H and O–H groups in total. The number of rotatable bonds is 4. The van der Waals surface area contributed by atoms with E-state index in [1.165, 1.54) is 5.57 Å². The van der Waals surface area contributed by atoms with Crippen LogP contribution in [0.2, 0.25) is 0 Å². The molecule has 0 heterocycles. The minimum atomic E-state index is -0.387. The van der Waals surface area contributed by atoms with Crippen LogP contribution in [-0.4, -0.2) is 5.91 Å². The van der Waals surface area contributed by atoms with E-state index in [1.54, 1.807) is 12.1 Å². The third-order valence-electron chi connectivity index (χ3n) is 2.10. The highest BCUT2D eigenvalue weighted by molar-refractivity contribution is 5.92. The number of benzene rings is 1. The first-order valence-electron chi connectivity index (χ1n) is 4.80. The predicted molar refractivity (Wildman–Crippen MR) is 62.6 cm³/mol. The summed E-state index contributed by atoms with van der Waals surface area (Å²) in [6.45, 7) is 5.66. The number of nitrogens with two attached hydrogens (primary N) is 1. The summed E-state index contributed by atoms with van der Waals surface area (Å²) in [7, 11) is 0. The Morgan fingerprint density at radius 2 is 2.27 bits per heavy atom. The number of allylic oxidation sites excluding steroid dienone is 3. The van der Waals surface area contributed by atoms with Gasteiger partial charge in [-0.25, -0.2) is 0 Å². The molecule has 1 amide bonds. The van der Waals surface area contributed by atoms with Gasteiger partial charge in [-0.1, -0.05) is 36.4 Å². The van der Waals surface area contributed by atoms with E-state index in [2.05, 4.69) is 6.58 Å². The summed E-state index contributed by atoms with van der Waals surface area (Å²) in [6.07, 6.45) is 4.53. The molecular formula is C13H15NO. The third kappa shape index (κ3) is 3.43. The average molecular weight is 201 g/mol. The van der Waals surface area contributed by atoms with E-state index in [0.717, 1.165) is 12.0 Å². The van der Waals surface area contributed by atoms with Crippen molar-refractivity contribution in [3.8, 4) is 0 Å². The Kier molecular flexibility index (Phi) is 3.86. The zero-order valence-corrected chi connectivity index (χ0v) is 8.86. The van der Waals surface area contributed by atoms with Crippen LogP contribution < -0.4 is 5.73 Å². The molecule has 78 valence electrons. The topological polar surface area (TPSA) is 43.1 Å². The molecule has 0 atom stereocenters. The van der Waals surface area contributed by atoms with E-state index in [1.807, 2.05) is 31.2 Å². The minimum absolute atomic E-state index is 0.387. The molecule has 0 fully saturated rings. The Balaban J connectivity index is 2.87.